The third kappa shape index (κ3) is 4.30. The number of nitrogens with zero attached hydrogens (tertiary/aromatic N) is 1. The van der Waals surface area contributed by atoms with Gasteiger partial charge in [0.2, 0.25) is 5.91 Å². The molecular weight excluding hydrogens is 336 g/mol. The Morgan fingerprint density at radius 1 is 1.12 bits per heavy atom. The number of likely N-dealkylation sites (tertiary alicyclic amines) is 1. The highest BCUT2D eigenvalue weighted by Crippen LogP contribution is 2.15. The van der Waals surface area contributed by atoms with Crippen molar-refractivity contribution in [3.63, 3.8) is 0 Å². The summed E-state index contributed by atoms with van der Waals surface area (Å²) in [6, 6.07) is 8.38. The predicted molar refractivity (Wildman–Crippen MR) is 94.2 cm³/mol. The molecule has 7 heteroatoms. The van der Waals surface area contributed by atoms with Gasteiger partial charge in [-0.15, -0.1) is 0 Å². The number of carbonyl (C=O) groups excluding carboxylic acids is 2. The van der Waals surface area contributed by atoms with E-state index in [2.05, 4.69) is 5.32 Å². The summed E-state index contributed by atoms with van der Waals surface area (Å²) in [4.78, 5) is 36.8. The number of aromatic carboxylic acids is 1. The van der Waals surface area contributed by atoms with Crippen molar-refractivity contribution in [2.75, 3.05) is 18.4 Å². The van der Waals surface area contributed by atoms with Gasteiger partial charge in [0.15, 0.2) is 5.76 Å². The van der Waals surface area contributed by atoms with Crippen LogP contribution in [0.5, 0.6) is 0 Å². The van der Waals surface area contributed by atoms with Crippen molar-refractivity contribution in [3.05, 3.63) is 53.5 Å². The molecule has 2 heterocycles. The van der Waals surface area contributed by atoms with E-state index >= 15 is 0 Å². The molecule has 0 radical (unpaired) electrons. The molecule has 1 aromatic heterocycles. The zero-order chi connectivity index (χ0) is 18.5. The maximum Gasteiger partial charge on any atom is 0.338 e. The molecule has 0 atom stereocenters. The molecule has 1 aliphatic heterocycles. The van der Waals surface area contributed by atoms with Crippen LogP contribution in [0.4, 0.5) is 5.69 Å². The highest BCUT2D eigenvalue weighted by molar-refractivity contribution is 6.03. The smallest absolute Gasteiger partial charge is 0.338 e. The van der Waals surface area contributed by atoms with E-state index in [0.29, 0.717) is 18.5 Å². The fourth-order valence-corrected chi connectivity index (χ4v) is 2.89. The highest BCUT2D eigenvalue weighted by atomic mass is 16.4. The molecule has 7 nitrogen and oxygen atoms in total. The number of aryl methyl sites for hydroxylation is 1. The van der Waals surface area contributed by atoms with Crippen molar-refractivity contribution in [1.29, 1.82) is 0 Å². The summed E-state index contributed by atoms with van der Waals surface area (Å²) >= 11 is 0. The number of hydrogen-bond donors (Lipinski definition) is 2. The second kappa shape index (κ2) is 7.86. The summed E-state index contributed by atoms with van der Waals surface area (Å²) in [6.07, 6.45) is 4.34. The van der Waals surface area contributed by atoms with Crippen molar-refractivity contribution < 1.29 is 23.9 Å². The number of nitrogens with one attached hydrogen (secondary N) is 1. The number of carboxylic acid groups (broad SMARTS) is 1. The average Bonchev–Trinajstić information content (AvgIpc) is 3.32. The lowest BCUT2D eigenvalue weighted by Crippen LogP contribution is -2.27. The standard InChI is InChI=1S/C19H20N2O5/c22-17(21-9-1-2-10-21)8-5-13-3-6-15(7-4-13)20-18(23)16-11-14(12-26-16)19(24)25/h3-4,6-7,11-12H,1-2,5,8-10H2,(H,20,23)(H,24,25). The van der Waals surface area contributed by atoms with E-state index in [-0.39, 0.29) is 17.2 Å². The van der Waals surface area contributed by atoms with Crippen LogP contribution >= 0.6 is 0 Å². The van der Waals surface area contributed by atoms with Crippen LogP contribution < -0.4 is 5.32 Å². The molecular formula is C19H20N2O5. The minimum atomic E-state index is -1.15. The Bertz CT molecular complexity index is 804. The monoisotopic (exact) mass is 356 g/mol. The van der Waals surface area contributed by atoms with Gasteiger partial charge in [0, 0.05) is 31.3 Å². The number of hydrogen-bond acceptors (Lipinski definition) is 4. The van der Waals surface area contributed by atoms with Gasteiger partial charge in [0.05, 0.1) is 5.56 Å². The quantitative estimate of drug-likeness (QED) is 0.829. The number of carbonyl (C=O) groups is 3. The van der Waals surface area contributed by atoms with Crippen molar-refractivity contribution in [2.45, 2.75) is 25.7 Å². The zero-order valence-corrected chi connectivity index (χ0v) is 14.2. The van der Waals surface area contributed by atoms with Gasteiger partial charge in [0.25, 0.3) is 5.91 Å². The first kappa shape index (κ1) is 17.7. The van der Waals surface area contributed by atoms with E-state index in [1.165, 1.54) is 6.07 Å². The third-order valence-corrected chi connectivity index (χ3v) is 4.37. The van der Waals surface area contributed by atoms with E-state index in [1.54, 1.807) is 12.1 Å². The first-order chi connectivity index (χ1) is 12.5. The van der Waals surface area contributed by atoms with Crippen LogP contribution in [0, 0.1) is 0 Å². The van der Waals surface area contributed by atoms with Crippen LogP contribution in [0.1, 0.15) is 45.7 Å². The molecule has 26 heavy (non-hydrogen) atoms. The molecule has 2 aromatic rings. The minimum Gasteiger partial charge on any atom is -0.478 e. The first-order valence-corrected chi connectivity index (χ1v) is 8.53. The molecule has 3 rings (SSSR count). The fourth-order valence-electron chi connectivity index (χ4n) is 2.89. The van der Waals surface area contributed by atoms with Gasteiger partial charge in [-0.3, -0.25) is 9.59 Å². The Hall–Kier alpha value is -3.09. The van der Waals surface area contributed by atoms with E-state index in [9.17, 15) is 14.4 Å². The van der Waals surface area contributed by atoms with Crippen molar-refractivity contribution in [1.82, 2.24) is 4.90 Å². The molecule has 1 aromatic carbocycles. The number of benzene rings is 1. The van der Waals surface area contributed by atoms with Crippen LogP contribution in [0.15, 0.2) is 41.0 Å². The van der Waals surface area contributed by atoms with E-state index in [1.807, 2.05) is 17.0 Å². The lowest BCUT2D eigenvalue weighted by molar-refractivity contribution is -0.130. The molecule has 0 aliphatic carbocycles. The average molecular weight is 356 g/mol. The lowest BCUT2D eigenvalue weighted by Gasteiger charge is -2.15. The van der Waals surface area contributed by atoms with Crippen LogP contribution in [0.2, 0.25) is 0 Å². The summed E-state index contributed by atoms with van der Waals surface area (Å²) in [6.45, 7) is 1.72. The van der Waals surface area contributed by atoms with Gasteiger partial charge in [-0.1, -0.05) is 12.1 Å². The van der Waals surface area contributed by atoms with Crippen molar-refractivity contribution in [3.8, 4) is 0 Å². The summed E-state index contributed by atoms with van der Waals surface area (Å²) in [5, 5.41) is 11.5. The normalized spacial score (nSPS) is 13.6. The Balaban J connectivity index is 1.52. The van der Waals surface area contributed by atoms with E-state index < -0.39 is 11.9 Å². The third-order valence-electron chi connectivity index (χ3n) is 4.37. The second-order valence-corrected chi connectivity index (χ2v) is 6.24. The number of anilines is 1. The highest BCUT2D eigenvalue weighted by Gasteiger charge is 2.17. The molecule has 1 fully saturated rings. The summed E-state index contributed by atoms with van der Waals surface area (Å²) < 4.78 is 4.96. The summed E-state index contributed by atoms with van der Waals surface area (Å²) in [5.41, 5.74) is 1.51. The molecule has 136 valence electrons. The Kier molecular flexibility index (Phi) is 5.36. The molecule has 1 aliphatic rings. The van der Waals surface area contributed by atoms with Gasteiger partial charge in [-0.2, -0.15) is 0 Å². The fraction of sp³-hybridized carbons (Fsp3) is 0.316. The SMILES string of the molecule is O=C(O)c1coc(C(=O)Nc2ccc(CCC(=O)N3CCCC3)cc2)c1. The van der Waals surface area contributed by atoms with Gasteiger partial charge in [-0.05, 0) is 37.0 Å². The van der Waals surface area contributed by atoms with Crippen LogP contribution in [0.3, 0.4) is 0 Å². The lowest BCUT2D eigenvalue weighted by atomic mass is 10.1. The number of rotatable bonds is 6. The number of amides is 2. The van der Waals surface area contributed by atoms with Gasteiger partial charge >= 0.3 is 5.97 Å². The van der Waals surface area contributed by atoms with Gasteiger partial charge < -0.3 is 19.7 Å². The van der Waals surface area contributed by atoms with Gasteiger partial charge in [-0.25, -0.2) is 4.79 Å². The maximum absolute atomic E-state index is 12.1. The molecule has 2 N–H and O–H groups in total. The zero-order valence-electron chi connectivity index (χ0n) is 14.2. The van der Waals surface area contributed by atoms with Gasteiger partial charge in [0.1, 0.15) is 6.26 Å². The molecule has 0 bridgehead atoms. The van der Waals surface area contributed by atoms with E-state index in [4.69, 9.17) is 9.52 Å². The predicted octanol–water partition coefficient (Wildman–Crippen LogP) is 2.79. The van der Waals surface area contributed by atoms with Crippen LogP contribution in [-0.4, -0.2) is 40.9 Å². The molecule has 0 spiro atoms. The number of furan rings is 1. The van der Waals surface area contributed by atoms with Crippen LogP contribution in [-0.2, 0) is 11.2 Å². The summed E-state index contributed by atoms with van der Waals surface area (Å²) in [5.74, 6) is -1.55. The van der Waals surface area contributed by atoms with Crippen LogP contribution in [0.25, 0.3) is 0 Å². The minimum absolute atomic E-state index is 0.0670. The van der Waals surface area contributed by atoms with Crippen molar-refractivity contribution in [2.24, 2.45) is 0 Å². The molecule has 1 saturated heterocycles. The van der Waals surface area contributed by atoms with Crippen molar-refractivity contribution >= 4 is 23.5 Å². The molecule has 2 amide bonds. The number of carboxylic acids is 1. The Morgan fingerprint density at radius 3 is 2.42 bits per heavy atom. The maximum atomic E-state index is 12.1. The van der Waals surface area contributed by atoms with E-state index in [0.717, 1.165) is 37.8 Å². The Morgan fingerprint density at radius 2 is 1.81 bits per heavy atom. The largest absolute Gasteiger partial charge is 0.478 e. The topological polar surface area (TPSA) is 99.8 Å². The Labute approximate surface area is 150 Å². The molecule has 0 saturated carbocycles. The molecule has 0 unspecified atom stereocenters. The summed E-state index contributed by atoms with van der Waals surface area (Å²) in [7, 11) is 0. The first-order valence-electron chi connectivity index (χ1n) is 8.53. The second-order valence-electron chi connectivity index (χ2n) is 6.24.